The Morgan fingerprint density at radius 1 is 1.29 bits per heavy atom. The number of ether oxygens (including phenoxy) is 2. The van der Waals surface area contributed by atoms with Crippen molar-refractivity contribution >= 4 is 10.9 Å². The van der Waals surface area contributed by atoms with Crippen LogP contribution >= 0.6 is 0 Å². The third-order valence-electron chi connectivity index (χ3n) is 5.00. The first-order chi connectivity index (χ1) is 13.5. The number of nitriles is 1. The number of methoxy groups -OCH3 is 1. The summed E-state index contributed by atoms with van der Waals surface area (Å²) in [6.45, 7) is 0. The SMILES string of the molecule is COc1cc([C@H]2C(C#N)=C(N)Oc3c2c(=O)n(C)c2ccccc32)ccc1O. The molecule has 0 unspecified atom stereocenters. The molecule has 3 N–H and O–H groups in total. The molecule has 0 spiro atoms. The van der Waals surface area contributed by atoms with Crippen LogP contribution < -0.4 is 20.8 Å². The van der Waals surface area contributed by atoms with Crippen LogP contribution in [-0.4, -0.2) is 16.8 Å². The van der Waals surface area contributed by atoms with Gasteiger partial charge in [-0.25, -0.2) is 0 Å². The van der Waals surface area contributed by atoms with Crippen LogP contribution in [0.2, 0.25) is 0 Å². The quantitative estimate of drug-likeness (QED) is 0.712. The first-order valence-electron chi connectivity index (χ1n) is 8.54. The molecule has 2 aromatic carbocycles. The maximum atomic E-state index is 13.2. The Hall–Kier alpha value is -3.92. The van der Waals surface area contributed by atoms with E-state index < -0.39 is 5.92 Å². The lowest BCUT2D eigenvalue weighted by atomic mass is 9.83. The van der Waals surface area contributed by atoms with Gasteiger partial charge >= 0.3 is 0 Å². The number of phenolic OH excluding ortho intramolecular Hbond substituents is 1. The van der Waals surface area contributed by atoms with Crippen molar-refractivity contribution in [1.29, 1.82) is 5.26 Å². The smallest absolute Gasteiger partial charge is 0.258 e. The Morgan fingerprint density at radius 2 is 2.04 bits per heavy atom. The molecule has 0 amide bonds. The fourth-order valence-electron chi connectivity index (χ4n) is 3.63. The number of pyridine rings is 1. The van der Waals surface area contributed by atoms with Crippen LogP contribution in [0.15, 0.2) is 58.7 Å². The van der Waals surface area contributed by atoms with Gasteiger partial charge in [0.2, 0.25) is 5.88 Å². The first kappa shape index (κ1) is 17.5. The highest BCUT2D eigenvalue weighted by atomic mass is 16.5. The Labute approximate surface area is 160 Å². The molecule has 7 heteroatoms. The Morgan fingerprint density at radius 3 is 2.75 bits per heavy atom. The van der Waals surface area contributed by atoms with Gasteiger partial charge in [0, 0.05) is 12.4 Å². The number of nitrogens with zero attached hydrogens (tertiary/aromatic N) is 2. The number of aryl methyl sites for hydroxylation is 1. The van der Waals surface area contributed by atoms with Gasteiger partial charge in [0.05, 0.1) is 24.1 Å². The van der Waals surface area contributed by atoms with Gasteiger partial charge in [0.25, 0.3) is 5.56 Å². The number of para-hydroxylation sites is 1. The molecule has 1 atom stereocenters. The maximum absolute atomic E-state index is 13.2. The van der Waals surface area contributed by atoms with E-state index in [2.05, 4.69) is 6.07 Å². The fourth-order valence-corrected chi connectivity index (χ4v) is 3.63. The summed E-state index contributed by atoms with van der Waals surface area (Å²) in [5.41, 5.74) is 7.51. The van der Waals surface area contributed by atoms with Gasteiger partial charge in [-0.15, -0.1) is 0 Å². The standard InChI is InChI=1S/C21H17N3O4/c1-24-14-6-4-3-5-12(14)19-18(21(24)26)17(13(10-22)20(23)28-19)11-7-8-15(25)16(9-11)27-2/h3-9,17,25H,23H2,1-2H3/t17-/m0/s1. The molecule has 0 saturated carbocycles. The Bertz CT molecular complexity index is 1250. The summed E-state index contributed by atoms with van der Waals surface area (Å²) in [4.78, 5) is 13.2. The van der Waals surface area contributed by atoms with Crippen LogP contribution in [0.1, 0.15) is 17.0 Å². The van der Waals surface area contributed by atoms with E-state index in [1.807, 2.05) is 24.3 Å². The number of phenols is 1. The maximum Gasteiger partial charge on any atom is 0.258 e. The second-order valence-corrected chi connectivity index (χ2v) is 6.48. The molecule has 1 aliphatic heterocycles. The zero-order valence-electron chi connectivity index (χ0n) is 15.3. The lowest BCUT2D eigenvalue weighted by molar-refractivity contribution is 0.372. The van der Waals surface area contributed by atoms with Crippen molar-refractivity contribution in [3.05, 3.63) is 75.4 Å². The van der Waals surface area contributed by atoms with E-state index in [0.29, 0.717) is 22.4 Å². The van der Waals surface area contributed by atoms with E-state index in [1.54, 1.807) is 19.2 Å². The third-order valence-corrected chi connectivity index (χ3v) is 5.00. The predicted molar refractivity (Wildman–Crippen MR) is 103 cm³/mol. The topological polar surface area (TPSA) is 111 Å². The highest BCUT2D eigenvalue weighted by molar-refractivity contribution is 5.88. The molecule has 28 heavy (non-hydrogen) atoms. The molecule has 0 saturated heterocycles. The van der Waals surface area contributed by atoms with Crippen molar-refractivity contribution in [3.63, 3.8) is 0 Å². The van der Waals surface area contributed by atoms with Crippen molar-refractivity contribution in [2.45, 2.75) is 5.92 Å². The third kappa shape index (κ3) is 2.39. The van der Waals surface area contributed by atoms with E-state index in [0.717, 1.165) is 5.39 Å². The normalized spacial score (nSPS) is 15.7. The molecule has 0 radical (unpaired) electrons. The fraction of sp³-hybridized carbons (Fsp3) is 0.143. The predicted octanol–water partition coefficient (Wildman–Crippen LogP) is 2.47. The highest BCUT2D eigenvalue weighted by Crippen LogP contribution is 2.44. The number of benzene rings is 2. The van der Waals surface area contributed by atoms with Crippen LogP contribution in [0.5, 0.6) is 17.2 Å². The molecule has 3 aromatic rings. The minimum absolute atomic E-state index is 0.0413. The number of hydrogen-bond donors (Lipinski definition) is 2. The molecule has 1 aromatic heterocycles. The van der Waals surface area contributed by atoms with Crippen LogP contribution in [0.3, 0.4) is 0 Å². The largest absolute Gasteiger partial charge is 0.504 e. The molecule has 0 fully saturated rings. The number of aromatic nitrogens is 1. The van der Waals surface area contributed by atoms with E-state index in [-0.39, 0.29) is 28.5 Å². The zero-order chi connectivity index (χ0) is 20.0. The van der Waals surface area contributed by atoms with Crippen LogP contribution in [-0.2, 0) is 7.05 Å². The van der Waals surface area contributed by atoms with Gasteiger partial charge < -0.3 is 24.9 Å². The van der Waals surface area contributed by atoms with Crippen LogP contribution in [0.4, 0.5) is 0 Å². The van der Waals surface area contributed by atoms with Crippen LogP contribution in [0.25, 0.3) is 10.9 Å². The molecule has 140 valence electrons. The Kier molecular flexibility index (Phi) is 3.97. The molecular weight excluding hydrogens is 358 g/mol. The summed E-state index contributed by atoms with van der Waals surface area (Å²) < 4.78 is 12.5. The van der Waals surface area contributed by atoms with Gasteiger partial charge in [-0.05, 0) is 29.8 Å². The minimum atomic E-state index is -0.744. The first-order valence-corrected chi connectivity index (χ1v) is 8.54. The molecule has 0 aliphatic carbocycles. The molecule has 1 aliphatic rings. The number of rotatable bonds is 2. The number of aromatic hydroxyl groups is 1. The minimum Gasteiger partial charge on any atom is -0.504 e. The van der Waals surface area contributed by atoms with Gasteiger partial charge in [-0.3, -0.25) is 4.79 Å². The average molecular weight is 375 g/mol. The van der Waals surface area contributed by atoms with E-state index in [4.69, 9.17) is 15.2 Å². The molecular formula is C21H17N3O4. The Balaban J connectivity index is 2.11. The molecule has 7 nitrogen and oxygen atoms in total. The monoisotopic (exact) mass is 375 g/mol. The zero-order valence-corrected chi connectivity index (χ0v) is 15.3. The van der Waals surface area contributed by atoms with Crippen LogP contribution in [0, 0.1) is 11.3 Å². The molecule has 2 heterocycles. The van der Waals surface area contributed by atoms with Crippen molar-refractivity contribution in [2.24, 2.45) is 12.8 Å². The van der Waals surface area contributed by atoms with Gasteiger partial charge in [0.1, 0.15) is 17.4 Å². The number of hydrogen-bond acceptors (Lipinski definition) is 6. The molecule has 0 bridgehead atoms. The van der Waals surface area contributed by atoms with Crippen molar-refractivity contribution in [3.8, 4) is 23.3 Å². The lowest BCUT2D eigenvalue weighted by Gasteiger charge is -2.27. The summed E-state index contributed by atoms with van der Waals surface area (Å²) in [5, 5.41) is 20.4. The molecule has 4 rings (SSSR count). The number of allylic oxidation sites excluding steroid dienone is 1. The van der Waals surface area contributed by atoms with E-state index in [1.165, 1.54) is 17.7 Å². The average Bonchev–Trinajstić information content (AvgIpc) is 2.71. The van der Waals surface area contributed by atoms with Crippen molar-refractivity contribution < 1.29 is 14.6 Å². The summed E-state index contributed by atoms with van der Waals surface area (Å²) in [6.07, 6.45) is 0. The van der Waals surface area contributed by atoms with Gasteiger partial charge in [0.15, 0.2) is 11.5 Å². The highest BCUT2D eigenvalue weighted by Gasteiger charge is 2.35. The summed E-state index contributed by atoms with van der Waals surface area (Å²) >= 11 is 0. The summed E-state index contributed by atoms with van der Waals surface area (Å²) in [5.74, 6) is -0.260. The van der Waals surface area contributed by atoms with E-state index >= 15 is 0 Å². The van der Waals surface area contributed by atoms with Crippen molar-refractivity contribution in [2.75, 3.05) is 7.11 Å². The van der Waals surface area contributed by atoms with Crippen molar-refractivity contribution in [1.82, 2.24) is 4.57 Å². The second kappa shape index (κ2) is 6.35. The lowest BCUT2D eigenvalue weighted by Crippen LogP contribution is -2.31. The van der Waals surface area contributed by atoms with Gasteiger partial charge in [-0.1, -0.05) is 18.2 Å². The number of nitrogens with two attached hydrogens (primary N) is 1. The van der Waals surface area contributed by atoms with E-state index in [9.17, 15) is 15.2 Å². The second-order valence-electron chi connectivity index (χ2n) is 6.48. The number of fused-ring (bicyclic) bond motifs is 3. The summed E-state index contributed by atoms with van der Waals surface area (Å²) in [6, 6.07) is 14.1. The summed E-state index contributed by atoms with van der Waals surface area (Å²) in [7, 11) is 3.10. The van der Waals surface area contributed by atoms with Gasteiger partial charge in [-0.2, -0.15) is 5.26 Å².